The van der Waals surface area contributed by atoms with E-state index in [2.05, 4.69) is 25.6 Å². The van der Waals surface area contributed by atoms with E-state index in [9.17, 15) is 0 Å². The van der Waals surface area contributed by atoms with Crippen molar-refractivity contribution in [2.24, 2.45) is 5.16 Å². The highest BCUT2D eigenvalue weighted by molar-refractivity contribution is 5.91. The second kappa shape index (κ2) is 9.06. The number of rotatable bonds is 9. The molecule has 1 aromatic rings. The molecule has 116 valence electrons. The molecule has 1 aromatic carbocycles. The molecule has 0 bridgehead atoms. The number of nitrogens with zero attached hydrogens (tertiary/aromatic N) is 1. The monoisotopic (exact) mass is 291 g/mol. The highest BCUT2D eigenvalue weighted by Gasteiger charge is 2.05. The van der Waals surface area contributed by atoms with Crippen LogP contribution in [0.4, 0.5) is 0 Å². The van der Waals surface area contributed by atoms with Gasteiger partial charge in [0.1, 0.15) is 18.1 Å². The zero-order valence-corrected chi connectivity index (χ0v) is 13.3. The number of hydrogen-bond acceptors (Lipinski definition) is 4. The maximum Gasteiger partial charge on any atom is 0.158 e. The van der Waals surface area contributed by atoms with Gasteiger partial charge in [-0.1, -0.05) is 18.7 Å². The van der Waals surface area contributed by atoms with Gasteiger partial charge in [0, 0.05) is 0 Å². The van der Waals surface area contributed by atoms with Gasteiger partial charge in [-0.2, -0.15) is 0 Å². The molecule has 0 aromatic heterocycles. The summed E-state index contributed by atoms with van der Waals surface area (Å²) in [7, 11) is 0. The number of allylic oxidation sites excluding steroid dienone is 1. The van der Waals surface area contributed by atoms with Crippen molar-refractivity contribution in [2.45, 2.75) is 46.3 Å². The second-order valence-corrected chi connectivity index (χ2v) is 4.97. The molecule has 0 aliphatic heterocycles. The van der Waals surface area contributed by atoms with Gasteiger partial charge in [0.2, 0.25) is 0 Å². The van der Waals surface area contributed by atoms with Crippen molar-refractivity contribution in [3.8, 4) is 11.5 Å². The number of ether oxygens (including phenoxy) is 2. The van der Waals surface area contributed by atoms with E-state index in [4.69, 9.17) is 14.3 Å². The molecule has 0 amide bonds. The van der Waals surface area contributed by atoms with Crippen LogP contribution in [0.2, 0.25) is 0 Å². The fourth-order valence-electron chi connectivity index (χ4n) is 1.38. The Kier molecular flexibility index (Phi) is 7.37. The van der Waals surface area contributed by atoms with Gasteiger partial charge in [0.15, 0.2) is 6.10 Å². The Morgan fingerprint density at radius 3 is 2.38 bits per heavy atom. The first-order valence-corrected chi connectivity index (χ1v) is 7.27. The first kappa shape index (κ1) is 17.1. The fraction of sp³-hybridized carbons (Fsp3) is 0.471. The minimum atomic E-state index is -0.129. The van der Waals surface area contributed by atoms with Crippen LogP contribution < -0.4 is 9.47 Å². The summed E-state index contributed by atoms with van der Waals surface area (Å²) in [6.07, 6.45) is 2.72. The quantitative estimate of drug-likeness (QED) is 0.505. The van der Waals surface area contributed by atoms with E-state index in [0.29, 0.717) is 6.61 Å². The molecule has 4 nitrogen and oxygen atoms in total. The van der Waals surface area contributed by atoms with Gasteiger partial charge in [-0.3, -0.25) is 0 Å². The van der Waals surface area contributed by atoms with Crippen molar-refractivity contribution >= 4 is 5.71 Å². The van der Waals surface area contributed by atoms with Crippen molar-refractivity contribution in [1.82, 2.24) is 0 Å². The van der Waals surface area contributed by atoms with Crippen LogP contribution in [-0.2, 0) is 4.84 Å². The molecule has 0 aliphatic rings. The average Bonchev–Trinajstić information content (AvgIpc) is 2.51. The van der Waals surface area contributed by atoms with Gasteiger partial charge in [-0.15, -0.1) is 0 Å². The lowest BCUT2D eigenvalue weighted by Crippen LogP contribution is -2.16. The lowest BCUT2D eigenvalue weighted by Gasteiger charge is -2.14. The SMILES string of the molecule is C=CC(C)=NOC(C)COc1ccc(OC(C)CC)cc1. The normalized spacial score (nSPS) is 14.2. The van der Waals surface area contributed by atoms with E-state index in [1.165, 1.54) is 0 Å². The smallest absolute Gasteiger partial charge is 0.158 e. The standard InChI is InChI=1S/C17H25NO3/c1-6-13(3)18-21-15(5)12-19-16-8-10-17(11-9-16)20-14(4)7-2/h6,8-11,14-15H,1,7,12H2,2-5H3. The summed E-state index contributed by atoms with van der Waals surface area (Å²) in [5.41, 5.74) is 0.744. The highest BCUT2D eigenvalue weighted by atomic mass is 16.6. The molecule has 0 heterocycles. The first-order chi connectivity index (χ1) is 10.0. The molecule has 0 aliphatic carbocycles. The summed E-state index contributed by atoms with van der Waals surface area (Å²) < 4.78 is 11.4. The van der Waals surface area contributed by atoms with Crippen LogP contribution in [0.1, 0.15) is 34.1 Å². The van der Waals surface area contributed by atoms with Crippen LogP contribution in [0.3, 0.4) is 0 Å². The van der Waals surface area contributed by atoms with Gasteiger partial charge in [-0.05, 0) is 57.5 Å². The maximum absolute atomic E-state index is 5.71. The molecule has 2 atom stereocenters. The summed E-state index contributed by atoms with van der Waals surface area (Å²) in [5.74, 6) is 1.64. The lowest BCUT2D eigenvalue weighted by atomic mass is 10.3. The fourth-order valence-corrected chi connectivity index (χ4v) is 1.38. The van der Waals surface area contributed by atoms with Gasteiger partial charge in [0.25, 0.3) is 0 Å². The number of hydrogen-bond donors (Lipinski definition) is 0. The van der Waals surface area contributed by atoms with E-state index in [1.54, 1.807) is 6.08 Å². The average molecular weight is 291 g/mol. The Bertz CT molecular complexity index is 454. The first-order valence-electron chi connectivity index (χ1n) is 7.27. The predicted molar refractivity (Wildman–Crippen MR) is 86.2 cm³/mol. The maximum atomic E-state index is 5.71. The molecular weight excluding hydrogens is 266 g/mol. The third-order valence-corrected chi connectivity index (χ3v) is 2.89. The van der Waals surface area contributed by atoms with Gasteiger partial charge in [0.05, 0.1) is 11.8 Å². The van der Waals surface area contributed by atoms with E-state index in [1.807, 2.05) is 38.1 Å². The molecule has 0 N–H and O–H groups in total. The Morgan fingerprint density at radius 2 is 1.81 bits per heavy atom. The Hall–Kier alpha value is -1.97. The number of oxime groups is 1. The lowest BCUT2D eigenvalue weighted by molar-refractivity contribution is 0.0367. The largest absolute Gasteiger partial charge is 0.491 e. The molecule has 0 spiro atoms. The zero-order chi connectivity index (χ0) is 15.7. The van der Waals surface area contributed by atoms with Gasteiger partial charge in [-0.25, -0.2) is 0 Å². The predicted octanol–water partition coefficient (Wildman–Crippen LogP) is 4.21. The van der Waals surface area contributed by atoms with E-state index in [-0.39, 0.29) is 12.2 Å². The van der Waals surface area contributed by atoms with Crippen molar-refractivity contribution < 1.29 is 14.3 Å². The third-order valence-electron chi connectivity index (χ3n) is 2.89. The van der Waals surface area contributed by atoms with Crippen molar-refractivity contribution in [1.29, 1.82) is 0 Å². The summed E-state index contributed by atoms with van der Waals surface area (Å²) in [5, 5.41) is 3.91. The zero-order valence-electron chi connectivity index (χ0n) is 13.3. The second-order valence-electron chi connectivity index (χ2n) is 4.97. The van der Waals surface area contributed by atoms with Crippen LogP contribution in [0, 0.1) is 0 Å². The van der Waals surface area contributed by atoms with E-state index >= 15 is 0 Å². The van der Waals surface area contributed by atoms with Crippen molar-refractivity contribution in [3.05, 3.63) is 36.9 Å². The molecule has 0 saturated carbocycles. The summed E-state index contributed by atoms with van der Waals surface area (Å²) >= 11 is 0. The molecule has 0 fully saturated rings. The van der Waals surface area contributed by atoms with Crippen LogP contribution in [0.25, 0.3) is 0 Å². The van der Waals surface area contributed by atoms with E-state index < -0.39 is 0 Å². The third kappa shape index (κ3) is 6.84. The molecule has 4 heteroatoms. The minimum absolute atomic E-state index is 0.129. The molecule has 1 rings (SSSR count). The topological polar surface area (TPSA) is 40.0 Å². The minimum Gasteiger partial charge on any atom is -0.491 e. The van der Waals surface area contributed by atoms with Crippen LogP contribution in [-0.4, -0.2) is 24.5 Å². The Labute approximate surface area is 127 Å². The van der Waals surface area contributed by atoms with E-state index in [0.717, 1.165) is 23.6 Å². The van der Waals surface area contributed by atoms with Crippen molar-refractivity contribution in [2.75, 3.05) is 6.61 Å². The Morgan fingerprint density at radius 1 is 1.19 bits per heavy atom. The van der Waals surface area contributed by atoms with Crippen LogP contribution in [0.5, 0.6) is 11.5 Å². The molecule has 0 radical (unpaired) electrons. The molecular formula is C17H25NO3. The van der Waals surface area contributed by atoms with Gasteiger partial charge >= 0.3 is 0 Å². The highest BCUT2D eigenvalue weighted by Crippen LogP contribution is 2.19. The number of benzene rings is 1. The van der Waals surface area contributed by atoms with Crippen LogP contribution in [0.15, 0.2) is 42.1 Å². The van der Waals surface area contributed by atoms with Gasteiger partial charge < -0.3 is 14.3 Å². The summed E-state index contributed by atoms with van der Waals surface area (Å²) in [6, 6.07) is 7.60. The molecule has 0 saturated heterocycles. The molecule has 21 heavy (non-hydrogen) atoms. The van der Waals surface area contributed by atoms with Crippen molar-refractivity contribution in [3.63, 3.8) is 0 Å². The summed E-state index contributed by atoms with van der Waals surface area (Å²) in [6.45, 7) is 11.9. The Balaban J connectivity index is 2.40. The van der Waals surface area contributed by atoms with Crippen LogP contribution >= 0.6 is 0 Å². The molecule has 2 unspecified atom stereocenters. The summed E-state index contributed by atoms with van der Waals surface area (Å²) in [4.78, 5) is 5.27.